The van der Waals surface area contributed by atoms with Gasteiger partial charge in [0.05, 0.1) is 0 Å². The molecule has 1 N–H and O–H groups in total. The number of alkyl halides is 3. The number of thiophene rings is 1. The summed E-state index contributed by atoms with van der Waals surface area (Å²) in [4.78, 5) is 2.44. The van der Waals surface area contributed by atoms with Gasteiger partial charge in [-0.25, -0.2) is 0 Å². The van der Waals surface area contributed by atoms with Crippen LogP contribution in [-0.4, -0.2) is 31.1 Å². The van der Waals surface area contributed by atoms with Crippen LogP contribution in [-0.2, 0) is 12.7 Å². The van der Waals surface area contributed by atoms with E-state index < -0.39 is 11.1 Å². The highest BCUT2D eigenvalue weighted by atomic mass is 32.1. The molecule has 0 aliphatic carbocycles. The molecule has 0 aromatic carbocycles. The highest BCUT2D eigenvalue weighted by Gasteiger charge is 2.32. The van der Waals surface area contributed by atoms with Crippen LogP contribution in [0.3, 0.4) is 0 Å². The van der Waals surface area contributed by atoms with Crippen molar-refractivity contribution in [3.05, 3.63) is 21.9 Å². The molecule has 0 radical (unpaired) electrons. The Bertz CT molecular complexity index is 383. The molecule has 0 saturated carbocycles. The molecular weight excluding hydrogens is 261 g/mol. The minimum Gasteiger partial charge on any atom is -0.317 e. The standard InChI is InChI=1S/C12H17F3N2S/c1-17(9-4-6-16-7-5-9)8-10-2-3-11(18-10)12(13,14)15/h2-3,9,16H,4-8H2,1H3. The fraction of sp³-hybridized carbons (Fsp3) is 0.667. The van der Waals surface area contributed by atoms with Crippen molar-refractivity contribution in [1.82, 2.24) is 10.2 Å². The van der Waals surface area contributed by atoms with E-state index in [1.54, 1.807) is 6.07 Å². The number of hydrogen-bond acceptors (Lipinski definition) is 3. The molecule has 1 aromatic heterocycles. The molecule has 2 rings (SSSR count). The van der Waals surface area contributed by atoms with E-state index in [1.165, 1.54) is 6.07 Å². The van der Waals surface area contributed by atoms with E-state index in [1.807, 2.05) is 7.05 Å². The van der Waals surface area contributed by atoms with Crippen molar-refractivity contribution >= 4 is 11.3 Å². The zero-order valence-corrected chi connectivity index (χ0v) is 11.1. The van der Waals surface area contributed by atoms with Crippen LogP contribution in [0, 0.1) is 0 Å². The highest BCUT2D eigenvalue weighted by Crippen LogP contribution is 2.35. The van der Waals surface area contributed by atoms with E-state index in [-0.39, 0.29) is 0 Å². The lowest BCUT2D eigenvalue weighted by Gasteiger charge is -2.31. The van der Waals surface area contributed by atoms with Crippen LogP contribution < -0.4 is 5.32 Å². The number of rotatable bonds is 3. The molecule has 1 saturated heterocycles. The van der Waals surface area contributed by atoms with Gasteiger partial charge in [-0.05, 0) is 45.1 Å². The molecule has 2 heterocycles. The second kappa shape index (κ2) is 5.59. The van der Waals surface area contributed by atoms with Gasteiger partial charge in [0.2, 0.25) is 0 Å². The fourth-order valence-corrected chi connectivity index (χ4v) is 3.18. The molecule has 2 nitrogen and oxygen atoms in total. The van der Waals surface area contributed by atoms with Gasteiger partial charge in [-0.15, -0.1) is 11.3 Å². The predicted molar refractivity (Wildman–Crippen MR) is 66.7 cm³/mol. The first kappa shape index (κ1) is 13.8. The van der Waals surface area contributed by atoms with Crippen molar-refractivity contribution in [3.8, 4) is 0 Å². The first-order chi connectivity index (χ1) is 8.47. The predicted octanol–water partition coefficient (Wildman–Crippen LogP) is 2.95. The zero-order chi connectivity index (χ0) is 13.2. The summed E-state index contributed by atoms with van der Waals surface area (Å²) >= 11 is 0.850. The fourth-order valence-electron chi connectivity index (χ4n) is 2.24. The Labute approximate surface area is 109 Å². The molecule has 1 fully saturated rings. The van der Waals surface area contributed by atoms with Gasteiger partial charge in [-0.3, -0.25) is 4.90 Å². The molecule has 0 unspecified atom stereocenters. The van der Waals surface area contributed by atoms with Crippen molar-refractivity contribution in [2.75, 3.05) is 20.1 Å². The Morgan fingerprint density at radius 2 is 2.00 bits per heavy atom. The van der Waals surface area contributed by atoms with E-state index in [0.29, 0.717) is 12.6 Å². The summed E-state index contributed by atoms with van der Waals surface area (Å²) in [6.45, 7) is 2.59. The first-order valence-electron chi connectivity index (χ1n) is 6.03. The topological polar surface area (TPSA) is 15.3 Å². The van der Waals surface area contributed by atoms with Gasteiger partial charge in [0.15, 0.2) is 0 Å². The maximum atomic E-state index is 12.5. The smallest absolute Gasteiger partial charge is 0.317 e. The maximum absolute atomic E-state index is 12.5. The van der Waals surface area contributed by atoms with E-state index in [0.717, 1.165) is 42.1 Å². The molecular formula is C12H17F3N2S. The highest BCUT2D eigenvalue weighted by molar-refractivity contribution is 7.12. The molecule has 1 aliphatic heterocycles. The minimum atomic E-state index is -4.21. The van der Waals surface area contributed by atoms with Crippen molar-refractivity contribution < 1.29 is 13.2 Å². The zero-order valence-electron chi connectivity index (χ0n) is 10.3. The van der Waals surface area contributed by atoms with Crippen molar-refractivity contribution in [2.45, 2.75) is 31.6 Å². The average Bonchev–Trinajstić information content (AvgIpc) is 2.78. The molecule has 1 aliphatic rings. The number of halogens is 3. The Kier molecular flexibility index (Phi) is 4.29. The van der Waals surface area contributed by atoms with Crippen molar-refractivity contribution in [3.63, 3.8) is 0 Å². The normalized spacial score (nSPS) is 18.5. The maximum Gasteiger partial charge on any atom is 0.425 e. The SMILES string of the molecule is CN(Cc1ccc(C(F)(F)F)s1)C1CCNCC1. The largest absolute Gasteiger partial charge is 0.425 e. The summed E-state index contributed by atoms with van der Waals surface area (Å²) < 4.78 is 37.4. The summed E-state index contributed by atoms with van der Waals surface area (Å²) in [5.74, 6) is 0. The quantitative estimate of drug-likeness (QED) is 0.914. The first-order valence-corrected chi connectivity index (χ1v) is 6.85. The van der Waals surface area contributed by atoms with Crippen LogP contribution in [0.25, 0.3) is 0 Å². The average molecular weight is 278 g/mol. The number of nitrogens with zero attached hydrogens (tertiary/aromatic N) is 1. The van der Waals surface area contributed by atoms with Gasteiger partial charge in [0.1, 0.15) is 4.88 Å². The Hall–Kier alpha value is -0.590. The molecule has 0 atom stereocenters. The second-order valence-corrected chi connectivity index (χ2v) is 5.83. The lowest BCUT2D eigenvalue weighted by molar-refractivity contribution is -0.134. The lowest BCUT2D eigenvalue weighted by atomic mass is 10.1. The van der Waals surface area contributed by atoms with Crippen LogP contribution in [0.2, 0.25) is 0 Å². The Morgan fingerprint density at radius 1 is 1.33 bits per heavy atom. The summed E-state index contributed by atoms with van der Waals surface area (Å²) in [7, 11) is 1.99. The van der Waals surface area contributed by atoms with Gasteiger partial charge in [0, 0.05) is 17.5 Å². The van der Waals surface area contributed by atoms with Crippen molar-refractivity contribution in [1.29, 1.82) is 0 Å². The van der Waals surface area contributed by atoms with Gasteiger partial charge in [0.25, 0.3) is 0 Å². The van der Waals surface area contributed by atoms with Gasteiger partial charge in [-0.1, -0.05) is 0 Å². The molecule has 102 valence electrons. The molecule has 6 heteroatoms. The lowest BCUT2D eigenvalue weighted by Crippen LogP contribution is -2.40. The van der Waals surface area contributed by atoms with E-state index in [2.05, 4.69) is 10.2 Å². The minimum absolute atomic E-state index is 0.475. The summed E-state index contributed by atoms with van der Waals surface area (Å²) in [6, 6.07) is 3.24. The Balaban J connectivity index is 1.94. The molecule has 0 amide bonds. The third-order valence-electron chi connectivity index (χ3n) is 3.28. The third-order valence-corrected chi connectivity index (χ3v) is 4.39. The van der Waals surface area contributed by atoms with E-state index in [9.17, 15) is 13.2 Å². The Morgan fingerprint density at radius 3 is 2.56 bits per heavy atom. The van der Waals surface area contributed by atoms with E-state index in [4.69, 9.17) is 0 Å². The molecule has 0 bridgehead atoms. The summed E-state index contributed by atoms with van der Waals surface area (Å²) in [5.41, 5.74) is 0. The third kappa shape index (κ3) is 3.46. The van der Waals surface area contributed by atoms with Crippen LogP contribution >= 0.6 is 11.3 Å². The van der Waals surface area contributed by atoms with Crippen molar-refractivity contribution in [2.24, 2.45) is 0 Å². The van der Waals surface area contributed by atoms with Crippen LogP contribution in [0.4, 0.5) is 13.2 Å². The number of nitrogens with one attached hydrogen (secondary N) is 1. The van der Waals surface area contributed by atoms with Gasteiger partial charge in [-0.2, -0.15) is 13.2 Å². The van der Waals surface area contributed by atoms with Gasteiger partial charge < -0.3 is 5.32 Å². The monoisotopic (exact) mass is 278 g/mol. The van der Waals surface area contributed by atoms with E-state index >= 15 is 0 Å². The van der Waals surface area contributed by atoms with Crippen LogP contribution in [0.15, 0.2) is 12.1 Å². The van der Waals surface area contributed by atoms with Crippen LogP contribution in [0.5, 0.6) is 0 Å². The summed E-state index contributed by atoms with van der Waals surface area (Å²) in [6.07, 6.45) is -2.09. The molecule has 0 spiro atoms. The van der Waals surface area contributed by atoms with Crippen LogP contribution in [0.1, 0.15) is 22.6 Å². The molecule has 18 heavy (non-hydrogen) atoms. The summed E-state index contributed by atoms with van der Waals surface area (Å²) in [5, 5.41) is 3.28. The number of hydrogen-bond donors (Lipinski definition) is 1. The number of piperidine rings is 1. The molecule has 1 aromatic rings. The second-order valence-electron chi connectivity index (χ2n) is 4.66. The van der Waals surface area contributed by atoms with Gasteiger partial charge >= 0.3 is 6.18 Å².